The predicted octanol–water partition coefficient (Wildman–Crippen LogP) is 1.95. The maximum atomic E-state index is 11.7. The largest absolute Gasteiger partial charge is 0.328 e. The molecule has 0 aliphatic carbocycles. The van der Waals surface area contributed by atoms with Crippen LogP contribution in [0.4, 0.5) is 0 Å². The van der Waals surface area contributed by atoms with Crippen LogP contribution < -0.4 is 11.2 Å². The van der Waals surface area contributed by atoms with Gasteiger partial charge in [-0.2, -0.15) is 0 Å². The summed E-state index contributed by atoms with van der Waals surface area (Å²) in [6.45, 7) is 0.430. The Balaban J connectivity index is 2.42. The standard InChI is InChI=1S/C13H11BrN2O2/c14-7-6-11-9-16(13(18)15-12(11)17)8-10-4-2-1-3-5-10/h1-7,9H,8H2,(H,15,17,18). The minimum absolute atomic E-state index is 0.389. The van der Waals surface area contributed by atoms with Crippen molar-refractivity contribution in [2.45, 2.75) is 6.54 Å². The second kappa shape index (κ2) is 5.64. The number of nitrogens with zero attached hydrogens (tertiary/aromatic N) is 1. The van der Waals surface area contributed by atoms with Gasteiger partial charge in [0.15, 0.2) is 0 Å². The van der Waals surface area contributed by atoms with Crippen molar-refractivity contribution in [3.05, 3.63) is 73.5 Å². The van der Waals surface area contributed by atoms with Gasteiger partial charge in [0.1, 0.15) is 0 Å². The molecule has 0 amide bonds. The van der Waals surface area contributed by atoms with Crippen molar-refractivity contribution in [1.29, 1.82) is 0 Å². The molecule has 1 aromatic carbocycles. The first-order chi connectivity index (χ1) is 8.70. The maximum Gasteiger partial charge on any atom is 0.328 e. The SMILES string of the molecule is O=c1[nH]c(=O)n(Cc2ccccc2)cc1C=CBr. The van der Waals surface area contributed by atoms with Crippen LogP contribution in [0.25, 0.3) is 6.08 Å². The summed E-state index contributed by atoms with van der Waals surface area (Å²) < 4.78 is 1.47. The Morgan fingerprint density at radius 2 is 1.94 bits per heavy atom. The van der Waals surface area contributed by atoms with Gasteiger partial charge in [0.05, 0.1) is 12.1 Å². The fraction of sp³-hybridized carbons (Fsp3) is 0.0769. The first-order valence-corrected chi connectivity index (χ1v) is 6.27. The molecule has 1 heterocycles. The third kappa shape index (κ3) is 2.87. The van der Waals surface area contributed by atoms with Gasteiger partial charge in [-0.05, 0) is 16.6 Å². The van der Waals surface area contributed by atoms with E-state index in [0.29, 0.717) is 12.1 Å². The van der Waals surface area contributed by atoms with E-state index in [1.54, 1.807) is 17.3 Å². The van der Waals surface area contributed by atoms with Gasteiger partial charge in [0.2, 0.25) is 0 Å². The molecule has 1 aromatic heterocycles. The molecule has 0 spiro atoms. The Morgan fingerprint density at radius 3 is 2.61 bits per heavy atom. The second-order valence-electron chi connectivity index (χ2n) is 3.75. The summed E-state index contributed by atoms with van der Waals surface area (Å²) in [7, 11) is 0. The lowest BCUT2D eigenvalue weighted by Gasteiger charge is -2.05. The Hall–Kier alpha value is -1.88. The topological polar surface area (TPSA) is 54.9 Å². The molecule has 0 fully saturated rings. The molecule has 2 rings (SSSR count). The van der Waals surface area contributed by atoms with E-state index in [-0.39, 0.29) is 5.56 Å². The molecule has 1 N–H and O–H groups in total. The number of halogens is 1. The van der Waals surface area contributed by atoms with Gasteiger partial charge in [0, 0.05) is 6.20 Å². The van der Waals surface area contributed by atoms with Crippen molar-refractivity contribution in [2.24, 2.45) is 0 Å². The summed E-state index contributed by atoms with van der Waals surface area (Å²) in [5.74, 6) is 0. The van der Waals surface area contributed by atoms with Crippen LogP contribution in [0.1, 0.15) is 11.1 Å². The molecule has 5 heteroatoms. The third-order valence-corrected chi connectivity index (χ3v) is 2.74. The molecule has 0 atom stereocenters. The van der Waals surface area contributed by atoms with Crippen LogP contribution >= 0.6 is 15.9 Å². The highest BCUT2D eigenvalue weighted by atomic mass is 79.9. The maximum absolute atomic E-state index is 11.7. The zero-order valence-electron chi connectivity index (χ0n) is 9.47. The zero-order chi connectivity index (χ0) is 13.0. The number of aromatic nitrogens is 2. The molecule has 0 saturated heterocycles. The molecule has 18 heavy (non-hydrogen) atoms. The Morgan fingerprint density at radius 1 is 1.22 bits per heavy atom. The molecular formula is C13H11BrN2O2. The number of aromatic amines is 1. The molecule has 0 unspecified atom stereocenters. The lowest BCUT2D eigenvalue weighted by molar-refractivity contribution is 0.718. The van der Waals surface area contributed by atoms with Crippen molar-refractivity contribution in [3.8, 4) is 0 Å². The van der Waals surface area contributed by atoms with Crippen LogP contribution in [0.2, 0.25) is 0 Å². The number of hydrogen-bond acceptors (Lipinski definition) is 2. The molecule has 92 valence electrons. The van der Waals surface area contributed by atoms with Gasteiger partial charge in [-0.3, -0.25) is 14.3 Å². The molecular weight excluding hydrogens is 296 g/mol. The summed E-state index contributed by atoms with van der Waals surface area (Å²) in [6.07, 6.45) is 3.14. The normalized spacial score (nSPS) is 10.9. The molecule has 0 bridgehead atoms. The van der Waals surface area contributed by atoms with Crippen molar-refractivity contribution in [3.63, 3.8) is 0 Å². The van der Waals surface area contributed by atoms with Gasteiger partial charge < -0.3 is 0 Å². The monoisotopic (exact) mass is 306 g/mol. The van der Waals surface area contributed by atoms with Crippen LogP contribution in [-0.4, -0.2) is 9.55 Å². The average molecular weight is 307 g/mol. The molecule has 4 nitrogen and oxygen atoms in total. The molecule has 2 aromatic rings. The summed E-state index contributed by atoms with van der Waals surface area (Å²) in [6, 6.07) is 9.59. The van der Waals surface area contributed by atoms with Gasteiger partial charge in [-0.15, -0.1) is 0 Å². The van der Waals surface area contributed by atoms with E-state index in [9.17, 15) is 9.59 Å². The quantitative estimate of drug-likeness (QED) is 0.942. The first kappa shape index (κ1) is 12.6. The lowest BCUT2D eigenvalue weighted by Crippen LogP contribution is -2.31. The van der Waals surface area contributed by atoms with Crippen molar-refractivity contribution in [1.82, 2.24) is 9.55 Å². The number of H-pyrrole nitrogens is 1. The number of hydrogen-bond donors (Lipinski definition) is 1. The Bertz CT molecular complexity index is 671. The number of benzene rings is 1. The molecule has 0 radical (unpaired) electrons. The summed E-state index contributed by atoms with van der Waals surface area (Å²) in [5.41, 5.74) is 0.637. The average Bonchev–Trinajstić information content (AvgIpc) is 2.37. The van der Waals surface area contributed by atoms with E-state index >= 15 is 0 Å². The van der Waals surface area contributed by atoms with Gasteiger partial charge in [-0.1, -0.05) is 46.3 Å². The van der Waals surface area contributed by atoms with Crippen molar-refractivity contribution >= 4 is 22.0 Å². The Kier molecular flexibility index (Phi) is 3.94. The van der Waals surface area contributed by atoms with Crippen LogP contribution in [0.5, 0.6) is 0 Å². The minimum Gasteiger partial charge on any atom is -0.296 e. The van der Waals surface area contributed by atoms with E-state index in [1.807, 2.05) is 30.3 Å². The highest BCUT2D eigenvalue weighted by Crippen LogP contribution is 2.01. The van der Waals surface area contributed by atoms with Crippen LogP contribution in [0.3, 0.4) is 0 Å². The van der Waals surface area contributed by atoms with Crippen LogP contribution in [0.15, 0.2) is 51.1 Å². The Labute approximate surface area is 112 Å². The third-order valence-electron chi connectivity index (χ3n) is 2.48. The fourth-order valence-electron chi connectivity index (χ4n) is 1.61. The number of rotatable bonds is 3. The predicted molar refractivity (Wildman–Crippen MR) is 74.8 cm³/mol. The van der Waals surface area contributed by atoms with E-state index in [2.05, 4.69) is 20.9 Å². The van der Waals surface area contributed by atoms with E-state index in [0.717, 1.165) is 5.56 Å². The van der Waals surface area contributed by atoms with E-state index < -0.39 is 5.69 Å². The lowest BCUT2D eigenvalue weighted by atomic mass is 10.2. The first-order valence-electron chi connectivity index (χ1n) is 5.35. The zero-order valence-corrected chi connectivity index (χ0v) is 11.1. The highest BCUT2D eigenvalue weighted by Gasteiger charge is 2.02. The molecule has 0 saturated carbocycles. The molecule has 0 aliphatic rings. The minimum atomic E-state index is -0.407. The smallest absolute Gasteiger partial charge is 0.296 e. The van der Waals surface area contributed by atoms with Crippen LogP contribution in [0, 0.1) is 0 Å². The van der Waals surface area contributed by atoms with Crippen molar-refractivity contribution < 1.29 is 0 Å². The summed E-state index contributed by atoms with van der Waals surface area (Å²) >= 11 is 3.11. The van der Waals surface area contributed by atoms with Gasteiger partial charge in [-0.25, -0.2) is 4.79 Å². The van der Waals surface area contributed by atoms with E-state index in [4.69, 9.17) is 0 Å². The second-order valence-corrected chi connectivity index (χ2v) is 4.28. The van der Waals surface area contributed by atoms with E-state index in [1.165, 1.54) is 4.57 Å². The highest BCUT2D eigenvalue weighted by molar-refractivity contribution is 9.11. The van der Waals surface area contributed by atoms with Crippen LogP contribution in [-0.2, 0) is 6.54 Å². The van der Waals surface area contributed by atoms with Gasteiger partial charge >= 0.3 is 5.69 Å². The van der Waals surface area contributed by atoms with Gasteiger partial charge in [0.25, 0.3) is 5.56 Å². The number of nitrogens with one attached hydrogen (secondary N) is 1. The summed E-state index contributed by atoms with van der Waals surface area (Å²) in [5, 5.41) is 0. The summed E-state index contributed by atoms with van der Waals surface area (Å²) in [4.78, 5) is 27.0. The fourth-order valence-corrected chi connectivity index (χ4v) is 1.90. The molecule has 0 aliphatic heterocycles. The van der Waals surface area contributed by atoms with Crippen molar-refractivity contribution in [2.75, 3.05) is 0 Å².